The minimum Gasteiger partial charge on any atom is -0.382 e. The van der Waals surface area contributed by atoms with Crippen molar-refractivity contribution in [3.05, 3.63) is 0 Å². The number of hydrogen-bond acceptors (Lipinski definition) is 8. The van der Waals surface area contributed by atoms with E-state index in [1.54, 1.807) is 18.9 Å². The van der Waals surface area contributed by atoms with Gasteiger partial charge in [-0.25, -0.2) is 0 Å². The lowest BCUT2D eigenvalue weighted by Gasteiger charge is -2.04. The number of nitrogens with two attached hydrogens (primary N) is 1. The summed E-state index contributed by atoms with van der Waals surface area (Å²) in [7, 11) is 1.65. The zero-order valence-electron chi connectivity index (χ0n) is 9.76. The van der Waals surface area contributed by atoms with Gasteiger partial charge in [-0.05, 0) is 0 Å². The molecule has 0 amide bonds. The van der Waals surface area contributed by atoms with Crippen molar-refractivity contribution in [2.24, 2.45) is 0 Å². The van der Waals surface area contributed by atoms with E-state index in [2.05, 4.69) is 10.2 Å². The molecule has 0 spiro atoms. The van der Waals surface area contributed by atoms with Crippen molar-refractivity contribution >= 4 is 28.2 Å². The Morgan fingerprint density at radius 1 is 1.12 bits per heavy atom. The summed E-state index contributed by atoms with van der Waals surface area (Å²) >= 11 is 2.98. The molecule has 0 aliphatic carbocycles. The standard InChI is InChI=1S/C9H17N3O3S2/c1-13-2-3-14-4-5-15-6-7-16-9-12-11-8(10)17-9/h2-7H2,1H3,(H2,10,11). The van der Waals surface area contributed by atoms with Crippen molar-refractivity contribution in [3.8, 4) is 0 Å². The average molecular weight is 279 g/mol. The zero-order valence-corrected chi connectivity index (χ0v) is 11.4. The maximum Gasteiger partial charge on any atom is 0.203 e. The van der Waals surface area contributed by atoms with Gasteiger partial charge in [-0.2, -0.15) is 0 Å². The Morgan fingerprint density at radius 3 is 2.47 bits per heavy atom. The first-order valence-electron chi connectivity index (χ1n) is 5.19. The van der Waals surface area contributed by atoms with E-state index in [1.165, 1.54) is 11.3 Å². The smallest absolute Gasteiger partial charge is 0.203 e. The molecule has 1 aromatic heterocycles. The Balaban J connectivity index is 1.84. The molecule has 1 heterocycles. The summed E-state index contributed by atoms with van der Waals surface area (Å²) in [6.45, 7) is 3.09. The van der Waals surface area contributed by atoms with Crippen LogP contribution in [0.4, 0.5) is 5.13 Å². The number of ether oxygens (including phenoxy) is 3. The molecule has 0 saturated heterocycles. The van der Waals surface area contributed by atoms with Gasteiger partial charge in [-0.3, -0.25) is 0 Å². The molecule has 0 bridgehead atoms. The SMILES string of the molecule is COCCOCCOCCSc1nnc(N)s1. The molecule has 0 atom stereocenters. The molecular weight excluding hydrogens is 262 g/mol. The summed E-state index contributed by atoms with van der Waals surface area (Å²) in [6, 6.07) is 0. The molecule has 0 saturated carbocycles. The van der Waals surface area contributed by atoms with Gasteiger partial charge in [0.25, 0.3) is 0 Å². The third-order valence-corrected chi connectivity index (χ3v) is 3.53. The van der Waals surface area contributed by atoms with Crippen LogP contribution in [0, 0.1) is 0 Å². The highest BCUT2D eigenvalue weighted by molar-refractivity contribution is 8.01. The fourth-order valence-electron chi connectivity index (χ4n) is 0.931. The van der Waals surface area contributed by atoms with Gasteiger partial charge in [0, 0.05) is 12.9 Å². The third kappa shape index (κ3) is 7.50. The second-order valence-electron chi connectivity index (χ2n) is 2.97. The molecule has 2 N–H and O–H groups in total. The number of thioether (sulfide) groups is 1. The topological polar surface area (TPSA) is 79.5 Å². The van der Waals surface area contributed by atoms with Gasteiger partial charge in [0.2, 0.25) is 5.13 Å². The van der Waals surface area contributed by atoms with Crippen LogP contribution < -0.4 is 5.73 Å². The summed E-state index contributed by atoms with van der Waals surface area (Å²) in [5.41, 5.74) is 5.46. The lowest BCUT2D eigenvalue weighted by molar-refractivity contribution is 0.0286. The van der Waals surface area contributed by atoms with Crippen LogP contribution >= 0.6 is 23.1 Å². The average Bonchev–Trinajstić information content (AvgIpc) is 2.73. The van der Waals surface area contributed by atoms with E-state index in [1.807, 2.05) is 0 Å². The van der Waals surface area contributed by atoms with Gasteiger partial charge < -0.3 is 19.9 Å². The van der Waals surface area contributed by atoms with E-state index in [4.69, 9.17) is 19.9 Å². The third-order valence-electron chi connectivity index (χ3n) is 1.68. The van der Waals surface area contributed by atoms with Gasteiger partial charge in [0.1, 0.15) is 0 Å². The summed E-state index contributed by atoms with van der Waals surface area (Å²) in [5.74, 6) is 0.840. The van der Waals surface area contributed by atoms with E-state index in [-0.39, 0.29) is 0 Å². The van der Waals surface area contributed by atoms with Crippen LogP contribution in [0.15, 0.2) is 4.34 Å². The molecule has 0 unspecified atom stereocenters. The summed E-state index contributed by atoms with van der Waals surface area (Å²) in [6.07, 6.45) is 0. The fourth-order valence-corrected chi connectivity index (χ4v) is 2.49. The molecule has 0 radical (unpaired) electrons. The first kappa shape index (κ1) is 14.7. The van der Waals surface area contributed by atoms with Crippen LogP contribution in [0.3, 0.4) is 0 Å². The van der Waals surface area contributed by atoms with Crippen LogP contribution in [0.2, 0.25) is 0 Å². The molecule has 0 aliphatic rings. The van der Waals surface area contributed by atoms with Gasteiger partial charge in [-0.1, -0.05) is 23.1 Å². The zero-order chi connectivity index (χ0) is 12.3. The summed E-state index contributed by atoms with van der Waals surface area (Å²) in [4.78, 5) is 0. The Labute approximate surface area is 109 Å². The molecule has 0 aliphatic heterocycles. The van der Waals surface area contributed by atoms with Crippen molar-refractivity contribution in [1.29, 1.82) is 0 Å². The Morgan fingerprint density at radius 2 is 1.82 bits per heavy atom. The van der Waals surface area contributed by atoms with Crippen molar-refractivity contribution in [2.75, 3.05) is 51.6 Å². The molecular formula is C9H17N3O3S2. The lowest BCUT2D eigenvalue weighted by Crippen LogP contribution is -2.09. The normalized spacial score (nSPS) is 10.9. The number of aromatic nitrogens is 2. The number of anilines is 1. The van der Waals surface area contributed by atoms with Gasteiger partial charge >= 0.3 is 0 Å². The van der Waals surface area contributed by atoms with E-state index >= 15 is 0 Å². The second kappa shape index (κ2) is 9.60. The summed E-state index contributed by atoms with van der Waals surface area (Å²) in [5, 5.41) is 8.12. The van der Waals surface area contributed by atoms with Crippen LogP contribution in [-0.2, 0) is 14.2 Å². The van der Waals surface area contributed by atoms with E-state index in [9.17, 15) is 0 Å². The largest absolute Gasteiger partial charge is 0.382 e. The van der Waals surface area contributed by atoms with Crippen molar-refractivity contribution in [1.82, 2.24) is 10.2 Å². The molecule has 98 valence electrons. The summed E-state index contributed by atoms with van der Waals surface area (Å²) < 4.78 is 16.4. The van der Waals surface area contributed by atoms with Gasteiger partial charge in [-0.15, -0.1) is 10.2 Å². The molecule has 17 heavy (non-hydrogen) atoms. The highest BCUT2D eigenvalue weighted by Crippen LogP contribution is 2.22. The van der Waals surface area contributed by atoms with Crippen molar-refractivity contribution < 1.29 is 14.2 Å². The second-order valence-corrected chi connectivity index (χ2v) is 5.32. The first-order valence-corrected chi connectivity index (χ1v) is 6.99. The van der Waals surface area contributed by atoms with Crippen LogP contribution in [0.25, 0.3) is 0 Å². The van der Waals surface area contributed by atoms with E-state index < -0.39 is 0 Å². The molecule has 1 aromatic rings. The maximum atomic E-state index is 5.46. The van der Waals surface area contributed by atoms with Crippen LogP contribution in [0.1, 0.15) is 0 Å². The maximum absolute atomic E-state index is 5.46. The predicted octanol–water partition coefficient (Wildman–Crippen LogP) is 0.892. The lowest BCUT2D eigenvalue weighted by atomic mass is 10.7. The van der Waals surface area contributed by atoms with Crippen molar-refractivity contribution in [3.63, 3.8) is 0 Å². The fraction of sp³-hybridized carbons (Fsp3) is 0.778. The monoisotopic (exact) mass is 279 g/mol. The van der Waals surface area contributed by atoms with Crippen molar-refractivity contribution in [2.45, 2.75) is 4.34 Å². The van der Waals surface area contributed by atoms with E-state index in [0.29, 0.717) is 38.2 Å². The highest BCUT2D eigenvalue weighted by Gasteiger charge is 2.00. The molecule has 8 heteroatoms. The number of methoxy groups -OCH3 is 1. The Bertz CT molecular complexity index is 299. The molecule has 1 rings (SSSR count). The van der Waals surface area contributed by atoms with E-state index in [0.717, 1.165) is 10.1 Å². The number of hydrogen-bond donors (Lipinski definition) is 1. The minimum atomic E-state index is 0.500. The number of nitrogen functional groups attached to an aromatic ring is 1. The van der Waals surface area contributed by atoms with Crippen LogP contribution in [0.5, 0.6) is 0 Å². The van der Waals surface area contributed by atoms with Gasteiger partial charge in [0.05, 0.1) is 33.0 Å². The quantitative estimate of drug-likeness (QED) is 0.503. The van der Waals surface area contributed by atoms with Gasteiger partial charge in [0.15, 0.2) is 4.34 Å². The number of nitrogens with zero attached hydrogens (tertiary/aromatic N) is 2. The molecule has 0 fully saturated rings. The molecule has 6 nitrogen and oxygen atoms in total. The Hall–Kier alpha value is -0.410. The minimum absolute atomic E-state index is 0.500. The highest BCUT2D eigenvalue weighted by atomic mass is 32.2. The van der Waals surface area contributed by atoms with Crippen LogP contribution in [-0.4, -0.2) is 56.1 Å². The predicted molar refractivity (Wildman–Crippen MR) is 68.6 cm³/mol. The Kier molecular flexibility index (Phi) is 8.28. The number of rotatable bonds is 10. The first-order chi connectivity index (χ1) is 8.33. The molecule has 0 aromatic carbocycles.